The Balaban J connectivity index is 1.64. The van der Waals surface area contributed by atoms with Crippen LogP contribution in [0.5, 0.6) is 5.75 Å². The summed E-state index contributed by atoms with van der Waals surface area (Å²) in [5.41, 5.74) is 1.19. The van der Waals surface area contributed by atoms with Gasteiger partial charge in [0, 0.05) is 0 Å². The van der Waals surface area contributed by atoms with Crippen molar-refractivity contribution in [3.63, 3.8) is 0 Å². The van der Waals surface area contributed by atoms with Gasteiger partial charge in [-0.2, -0.15) is 0 Å². The lowest BCUT2D eigenvalue weighted by atomic mass is 10.1. The van der Waals surface area contributed by atoms with Gasteiger partial charge in [0.2, 0.25) is 0 Å². The van der Waals surface area contributed by atoms with Gasteiger partial charge >= 0.3 is 5.97 Å². The molecule has 0 heterocycles. The van der Waals surface area contributed by atoms with E-state index < -0.39 is 11.8 Å². The summed E-state index contributed by atoms with van der Waals surface area (Å²) in [7, 11) is 0. The summed E-state index contributed by atoms with van der Waals surface area (Å²) in [6.45, 7) is 2.17. The second-order valence-electron chi connectivity index (χ2n) is 7.02. The Labute approximate surface area is 164 Å². The van der Waals surface area contributed by atoms with E-state index in [9.17, 15) is 13.6 Å². The molecule has 0 N–H and O–H groups in total. The Morgan fingerprint density at radius 2 is 1.61 bits per heavy atom. The van der Waals surface area contributed by atoms with Crippen LogP contribution >= 0.6 is 0 Å². The molecule has 0 saturated heterocycles. The zero-order chi connectivity index (χ0) is 19.9. The number of aryl methyl sites for hydroxylation is 1. The maximum Gasteiger partial charge on any atom is 0.343 e. The maximum absolute atomic E-state index is 14.3. The molecule has 3 aromatic carbocycles. The Morgan fingerprint density at radius 1 is 0.857 bits per heavy atom. The van der Waals surface area contributed by atoms with Crippen molar-refractivity contribution in [1.82, 2.24) is 0 Å². The Kier molecular flexibility index (Phi) is 6.75. The second kappa shape index (κ2) is 9.45. The normalized spacial score (nSPS) is 11.0. The number of esters is 1. The van der Waals surface area contributed by atoms with Crippen LogP contribution in [0.25, 0.3) is 10.8 Å². The van der Waals surface area contributed by atoms with Crippen LogP contribution in [0.15, 0.2) is 54.6 Å². The largest absolute Gasteiger partial charge is 0.420 e. The SMILES string of the molecule is CCCCCCCc1ccc(OC(=O)c2ccc3cc(F)ccc3c2)c(F)c1. The minimum atomic E-state index is -0.641. The van der Waals surface area contributed by atoms with E-state index in [-0.39, 0.29) is 11.6 Å². The monoisotopic (exact) mass is 382 g/mol. The minimum absolute atomic E-state index is 0.0843. The summed E-state index contributed by atoms with van der Waals surface area (Å²) in [4.78, 5) is 12.4. The van der Waals surface area contributed by atoms with Gasteiger partial charge in [0.15, 0.2) is 11.6 Å². The van der Waals surface area contributed by atoms with Crippen molar-refractivity contribution in [1.29, 1.82) is 0 Å². The number of carbonyl (C=O) groups excluding carboxylic acids is 1. The number of rotatable bonds is 8. The molecule has 0 aliphatic heterocycles. The molecule has 0 saturated carbocycles. The first-order chi connectivity index (χ1) is 13.6. The van der Waals surface area contributed by atoms with E-state index in [0.29, 0.717) is 10.9 Å². The molecule has 3 aromatic rings. The summed E-state index contributed by atoms with van der Waals surface area (Å²) in [6, 6.07) is 13.9. The molecule has 0 radical (unpaired) electrons. The lowest BCUT2D eigenvalue weighted by Crippen LogP contribution is -2.09. The van der Waals surface area contributed by atoms with E-state index >= 15 is 0 Å². The van der Waals surface area contributed by atoms with Crippen LogP contribution in [0.4, 0.5) is 8.78 Å². The molecule has 4 heteroatoms. The second-order valence-corrected chi connectivity index (χ2v) is 7.02. The molecule has 0 aliphatic rings. The molecular formula is C24H24F2O2. The van der Waals surface area contributed by atoms with Gasteiger partial charge in [0.05, 0.1) is 5.56 Å². The number of carbonyl (C=O) groups is 1. The zero-order valence-corrected chi connectivity index (χ0v) is 16.0. The van der Waals surface area contributed by atoms with E-state index in [0.717, 1.165) is 30.2 Å². The van der Waals surface area contributed by atoms with Crippen molar-refractivity contribution in [3.8, 4) is 5.75 Å². The molecule has 0 aromatic heterocycles. The van der Waals surface area contributed by atoms with Gasteiger partial charge in [0.1, 0.15) is 5.82 Å². The van der Waals surface area contributed by atoms with Gasteiger partial charge in [0.25, 0.3) is 0 Å². The molecule has 0 aliphatic carbocycles. The number of unbranched alkanes of at least 4 members (excludes halogenated alkanes) is 4. The van der Waals surface area contributed by atoms with Gasteiger partial charge in [-0.05, 0) is 65.6 Å². The molecule has 3 rings (SSSR count). The van der Waals surface area contributed by atoms with Crippen LogP contribution in [-0.2, 0) is 6.42 Å². The molecule has 0 spiro atoms. The summed E-state index contributed by atoms with van der Waals surface area (Å²) >= 11 is 0. The smallest absolute Gasteiger partial charge is 0.343 e. The topological polar surface area (TPSA) is 26.3 Å². The molecule has 0 fully saturated rings. The third-order valence-electron chi connectivity index (χ3n) is 4.81. The van der Waals surface area contributed by atoms with Crippen LogP contribution < -0.4 is 4.74 Å². The minimum Gasteiger partial charge on any atom is -0.420 e. The molecule has 2 nitrogen and oxygen atoms in total. The van der Waals surface area contributed by atoms with Crippen LogP contribution in [0.2, 0.25) is 0 Å². The highest BCUT2D eigenvalue weighted by Crippen LogP contribution is 2.23. The number of ether oxygens (including phenoxy) is 1. The fourth-order valence-electron chi connectivity index (χ4n) is 3.22. The number of hydrogen-bond acceptors (Lipinski definition) is 2. The molecule has 0 bridgehead atoms. The Hall–Kier alpha value is -2.75. The van der Waals surface area contributed by atoms with Gasteiger partial charge in [-0.3, -0.25) is 0 Å². The molecular weight excluding hydrogens is 358 g/mol. The zero-order valence-electron chi connectivity index (χ0n) is 16.0. The average molecular weight is 382 g/mol. The summed E-state index contributed by atoms with van der Waals surface area (Å²) in [5.74, 6) is -1.60. The van der Waals surface area contributed by atoms with Crippen LogP contribution in [0.3, 0.4) is 0 Å². The molecule has 0 atom stereocenters. The van der Waals surface area contributed by atoms with Gasteiger partial charge in [-0.15, -0.1) is 0 Å². The molecule has 146 valence electrons. The van der Waals surface area contributed by atoms with E-state index in [1.165, 1.54) is 43.5 Å². The highest BCUT2D eigenvalue weighted by molar-refractivity contribution is 5.96. The van der Waals surface area contributed by atoms with E-state index in [1.54, 1.807) is 30.3 Å². The fraction of sp³-hybridized carbons (Fsp3) is 0.292. The first-order valence-electron chi connectivity index (χ1n) is 9.77. The maximum atomic E-state index is 14.3. The molecule has 0 unspecified atom stereocenters. The first-order valence-corrected chi connectivity index (χ1v) is 9.77. The summed E-state index contributed by atoms with van der Waals surface area (Å²) in [6.07, 6.45) is 6.60. The Morgan fingerprint density at radius 3 is 2.39 bits per heavy atom. The van der Waals surface area contributed by atoms with Crippen molar-refractivity contribution in [2.24, 2.45) is 0 Å². The predicted molar refractivity (Wildman–Crippen MR) is 108 cm³/mol. The lowest BCUT2D eigenvalue weighted by Gasteiger charge is -2.08. The number of hydrogen-bond donors (Lipinski definition) is 0. The molecule has 28 heavy (non-hydrogen) atoms. The number of benzene rings is 3. The number of halogens is 2. The van der Waals surface area contributed by atoms with E-state index in [4.69, 9.17) is 4.74 Å². The third kappa shape index (κ3) is 5.16. The van der Waals surface area contributed by atoms with Crippen molar-refractivity contribution in [3.05, 3.63) is 77.4 Å². The standard InChI is InChI=1S/C24H24F2O2/c1-2-3-4-5-6-7-17-8-13-23(22(26)14-17)28-24(27)20-10-9-19-16-21(25)12-11-18(19)15-20/h8-16H,2-7H2,1H3. The summed E-state index contributed by atoms with van der Waals surface area (Å²) in [5, 5.41) is 1.40. The van der Waals surface area contributed by atoms with Crippen molar-refractivity contribution < 1.29 is 18.3 Å². The van der Waals surface area contributed by atoms with Crippen LogP contribution in [0.1, 0.15) is 54.9 Å². The van der Waals surface area contributed by atoms with Crippen LogP contribution in [0, 0.1) is 11.6 Å². The average Bonchev–Trinajstić information content (AvgIpc) is 2.69. The molecule has 0 amide bonds. The fourth-order valence-corrected chi connectivity index (χ4v) is 3.22. The quantitative estimate of drug-likeness (QED) is 0.242. The third-order valence-corrected chi connectivity index (χ3v) is 4.81. The van der Waals surface area contributed by atoms with E-state index in [2.05, 4.69) is 6.92 Å². The van der Waals surface area contributed by atoms with E-state index in [1.807, 2.05) is 0 Å². The van der Waals surface area contributed by atoms with Crippen molar-refractivity contribution in [2.75, 3.05) is 0 Å². The lowest BCUT2D eigenvalue weighted by molar-refractivity contribution is 0.0728. The predicted octanol–water partition coefficient (Wildman–Crippen LogP) is 6.85. The van der Waals surface area contributed by atoms with Crippen LogP contribution in [-0.4, -0.2) is 5.97 Å². The van der Waals surface area contributed by atoms with Gasteiger partial charge in [-0.1, -0.05) is 50.8 Å². The van der Waals surface area contributed by atoms with Gasteiger partial charge < -0.3 is 4.74 Å². The highest BCUT2D eigenvalue weighted by Gasteiger charge is 2.13. The first kappa shape index (κ1) is 20.0. The van der Waals surface area contributed by atoms with Gasteiger partial charge in [-0.25, -0.2) is 13.6 Å². The number of fused-ring (bicyclic) bond motifs is 1. The van der Waals surface area contributed by atoms with Crippen molar-refractivity contribution >= 4 is 16.7 Å². The van der Waals surface area contributed by atoms with Crippen molar-refractivity contribution in [2.45, 2.75) is 45.4 Å². The highest BCUT2D eigenvalue weighted by atomic mass is 19.1. The summed E-state index contributed by atoms with van der Waals surface area (Å²) < 4.78 is 32.8. The Bertz CT molecular complexity index is 966.